The molecule has 4 atom stereocenters. The number of anilines is 2. The van der Waals surface area contributed by atoms with Crippen molar-refractivity contribution < 1.29 is 46.8 Å². The fourth-order valence-electron chi connectivity index (χ4n) is 6.21. The van der Waals surface area contributed by atoms with Gasteiger partial charge in [-0.3, -0.25) is 9.69 Å². The van der Waals surface area contributed by atoms with Crippen LogP contribution in [0.2, 0.25) is 0 Å². The maximum Gasteiger partial charge on any atom is 0.416 e. The third kappa shape index (κ3) is 10.3. The molecule has 11 nitrogen and oxygen atoms in total. The summed E-state index contributed by atoms with van der Waals surface area (Å²) in [7, 11) is 1.88. The second-order valence-corrected chi connectivity index (χ2v) is 13.5. The van der Waals surface area contributed by atoms with Gasteiger partial charge in [-0.05, 0) is 88.2 Å². The summed E-state index contributed by atoms with van der Waals surface area (Å²) in [6.45, 7) is 7.06. The number of halogens is 3. The maximum absolute atomic E-state index is 14.4. The van der Waals surface area contributed by atoms with Gasteiger partial charge in [0, 0.05) is 49.6 Å². The number of aliphatic hydroxyl groups is 1. The van der Waals surface area contributed by atoms with E-state index in [2.05, 4.69) is 10.6 Å². The Bertz CT molecular complexity index is 1670. The molecule has 14 heteroatoms. The molecule has 0 bridgehead atoms. The monoisotopic (exact) mass is 728 g/mol. The summed E-state index contributed by atoms with van der Waals surface area (Å²) >= 11 is 0. The van der Waals surface area contributed by atoms with Crippen LogP contribution in [0.4, 0.5) is 29.3 Å². The number of alkyl halides is 3. The highest BCUT2D eigenvalue weighted by molar-refractivity contribution is 6.02. The van der Waals surface area contributed by atoms with Crippen molar-refractivity contribution in [2.45, 2.75) is 71.0 Å². The highest BCUT2D eigenvalue weighted by Crippen LogP contribution is 2.35. The zero-order valence-electron chi connectivity index (χ0n) is 29.9. The van der Waals surface area contributed by atoms with Crippen molar-refractivity contribution in [1.29, 1.82) is 0 Å². The Morgan fingerprint density at radius 3 is 2.35 bits per heavy atom. The molecule has 3 amide bonds. The minimum Gasteiger partial charge on any atom is -0.490 e. The molecule has 0 saturated carbocycles. The lowest BCUT2D eigenvalue weighted by molar-refractivity contribution is -0.137. The predicted molar refractivity (Wildman–Crippen MR) is 190 cm³/mol. The zero-order valence-corrected chi connectivity index (χ0v) is 29.9. The lowest BCUT2D eigenvalue weighted by Gasteiger charge is -2.36. The third-order valence-electron chi connectivity index (χ3n) is 9.17. The van der Waals surface area contributed by atoms with E-state index in [9.17, 15) is 27.9 Å². The fraction of sp³-hybridized carbons (Fsp3) is 0.474. The molecular formula is C38H47F3N4O7. The molecule has 2 aliphatic heterocycles. The summed E-state index contributed by atoms with van der Waals surface area (Å²) in [5.41, 5.74) is 1.12. The van der Waals surface area contributed by atoms with Gasteiger partial charge in [0.15, 0.2) is 11.5 Å². The number of nitrogens with one attached hydrogen (secondary N) is 2. The van der Waals surface area contributed by atoms with Crippen molar-refractivity contribution >= 4 is 23.3 Å². The second kappa shape index (κ2) is 17.3. The molecule has 0 aliphatic carbocycles. The van der Waals surface area contributed by atoms with Crippen LogP contribution in [0, 0.1) is 5.92 Å². The number of rotatable bonds is 8. The molecule has 3 N–H and O–H groups in total. The van der Waals surface area contributed by atoms with Crippen LogP contribution in [0.5, 0.6) is 17.2 Å². The Hall–Kier alpha value is -4.53. The van der Waals surface area contributed by atoms with Gasteiger partial charge in [0.05, 0.1) is 36.0 Å². The molecule has 5 rings (SSSR count). The van der Waals surface area contributed by atoms with Crippen molar-refractivity contribution in [3.8, 4) is 17.2 Å². The lowest BCUT2D eigenvalue weighted by atomic mass is 10.0. The maximum atomic E-state index is 14.4. The van der Waals surface area contributed by atoms with Gasteiger partial charge in [-0.2, -0.15) is 13.2 Å². The first kappa shape index (κ1) is 38.7. The quantitative estimate of drug-likeness (QED) is 0.227. The van der Waals surface area contributed by atoms with Gasteiger partial charge in [0.1, 0.15) is 5.75 Å². The molecule has 0 radical (unpaired) electrons. The van der Waals surface area contributed by atoms with Crippen LogP contribution in [-0.2, 0) is 17.5 Å². The van der Waals surface area contributed by atoms with Crippen LogP contribution in [0.15, 0.2) is 60.7 Å². The van der Waals surface area contributed by atoms with E-state index in [4.69, 9.17) is 18.9 Å². The summed E-state index contributed by atoms with van der Waals surface area (Å²) in [5, 5.41) is 15.8. The summed E-state index contributed by atoms with van der Waals surface area (Å²) in [4.78, 5) is 31.0. The standard InChI is InChI=1S/C38H47F3N4O7/c1-24-19-45(25(2)22-46)36(47)31-17-29(42-37(48)43-30-13-15-33-34(18-30)51-23-50-33)12-14-32(31)52-26(3)7-5-6-16-49-35(24)21-44(4)20-27-8-10-28(11-9-27)38(39,40)41/h8-15,17-18,24-26,35,46H,5-7,16,19-23H2,1-4H3,(H2,42,43,48)/t24-,25+,26-,35-/m1/s1. The van der Waals surface area contributed by atoms with E-state index < -0.39 is 23.8 Å². The predicted octanol–water partition coefficient (Wildman–Crippen LogP) is 7.01. The average molecular weight is 729 g/mol. The molecule has 282 valence electrons. The summed E-state index contributed by atoms with van der Waals surface area (Å²) < 4.78 is 62.7. The number of likely N-dealkylation sites (N-methyl/N-ethyl adjacent to an activating group) is 1. The first-order valence-corrected chi connectivity index (χ1v) is 17.5. The van der Waals surface area contributed by atoms with Gasteiger partial charge in [0.2, 0.25) is 6.79 Å². The van der Waals surface area contributed by atoms with Crippen LogP contribution in [0.1, 0.15) is 61.5 Å². The van der Waals surface area contributed by atoms with E-state index >= 15 is 0 Å². The van der Waals surface area contributed by atoms with E-state index in [1.165, 1.54) is 12.1 Å². The van der Waals surface area contributed by atoms with Gasteiger partial charge in [-0.25, -0.2) is 4.79 Å². The topological polar surface area (TPSA) is 122 Å². The van der Waals surface area contributed by atoms with Crippen LogP contribution < -0.4 is 24.8 Å². The second-order valence-electron chi connectivity index (χ2n) is 13.5. The molecule has 0 saturated heterocycles. The SMILES string of the molecule is C[C@@H]1CCCCO[C@H](CN(C)Cc2ccc(C(F)(F)F)cc2)[C@H](C)CN([C@@H](C)CO)C(=O)c2cc(NC(=O)Nc3ccc4c(c3)OCO4)ccc2O1. The summed E-state index contributed by atoms with van der Waals surface area (Å²) in [6, 6.07) is 14.0. The van der Waals surface area contributed by atoms with E-state index in [1.54, 1.807) is 48.2 Å². The fourth-order valence-corrected chi connectivity index (χ4v) is 6.21. The molecule has 0 spiro atoms. The number of amides is 3. The van der Waals surface area contributed by atoms with E-state index in [0.717, 1.165) is 30.5 Å². The highest BCUT2D eigenvalue weighted by atomic mass is 19.4. The van der Waals surface area contributed by atoms with Gasteiger partial charge < -0.3 is 39.6 Å². The van der Waals surface area contributed by atoms with Crippen molar-refractivity contribution in [3.05, 3.63) is 77.4 Å². The van der Waals surface area contributed by atoms with E-state index in [0.29, 0.717) is 54.7 Å². The number of benzene rings is 3. The number of hydrogen-bond donors (Lipinski definition) is 3. The molecule has 3 aromatic rings. The first-order valence-electron chi connectivity index (χ1n) is 17.5. The van der Waals surface area contributed by atoms with Crippen LogP contribution in [0.3, 0.4) is 0 Å². The summed E-state index contributed by atoms with van der Waals surface area (Å²) in [6.07, 6.45) is -2.65. The Morgan fingerprint density at radius 1 is 0.981 bits per heavy atom. The number of nitrogens with zero attached hydrogens (tertiary/aromatic N) is 2. The van der Waals surface area contributed by atoms with Gasteiger partial charge in [-0.15, -0.1) is 0 Å². The Labute approximate surface area is 302 Å². The minimum absolute atomic E-state index is 0.107. The molecule has 52 heavy (non-hydrogen) atoms. The first-order chi connectivity index (χ1) is 24.8. The number of ether oxygens (including phenoxy) is 4. The molecule has 2 aliphatic rings. The van der Waals surface area contributed by atoms with Gasteiger partial charge in [0.25, 0.3) is 5.91 Å². The molecular weight excluding hydrogens is 681 g/mol. The highest BCUT2D eigenvalue weighted by Gasteiger charge is 2.32. The molecule has 0 unspecified atom stereocenters. The number of hydrogen-bond acceptors (Lipinski definition) is 8. The smallest absolute Gasteiger partial charge is 0.416 e. The molecule has 2 heterocycles. The number of aliphatic hydroxyl groups excluding tert-OH is 1. The number of carbonyl (C=O) groups excluding carboxylic acids is 2. The Morgan fingerprint density at radius 2 is 1.65 bits per heavy atom. The normalized spacial score (nSPS) is 20.4. The zero-order chi connectivity index (χ0) is 37.4. The van der Waals surface area contributed by atoms with Crippen molar-refractivity contribution in [3.63, 3.8) is 0 Å². The van der Waals surface area contributed by atoms with E-state index in [1.807, 2.05) is 25.8 Å². The van der Waals surface area contributed by atoms with Gasteiger partial charge >= 0.3 is 12.2 Å². The van der Waals surface area contributed by atoms with Crippen molar-refractivity contribution in [1.82, 2.24) is 9.80 Å². The molecule has 3 aromatic carbocycles. The van der Waals surface area contributed by atoms with Crippen molar-refractivity contribution in [2.24, 2.45) is 5.92 Å². The number of urea groups is 1. The molecule has 0 fully saturated rings. The average Bonchev–Trinajstić information content (AvgIpc) is 3.57. The molecule has 0 aromatic heterocycles. The van der Waals surface area contributed by atoms with E-state index in [-0.39, 0.29) is 49.5 Å². The van der Waals surface area contributed by atoms with Crippen LogP contribution >= 0.6 is 0 Å². The van der Waals surface area contributed by atoms with Crippen molar-refractivity contribution in [2.75, 3.05) is 50.8 Å². The van der Waals surface area contributed by atoms with Crippen LogP contribution in [-0.4, -0.2) is 85.2 Å². The van der Waals surface area contributed by atoms with Gasteiger partial charge in [-0.1, -0.05) is 19.1 Å². The number of fused-ring (bicyclic) bond motifs is 2. The largest absolute Gasteiger partial charge is 0.490 e. The Kier molecular flexibility index (Phi) is 12.9. The third-order valence-corrected chi connectivity index (χ3v) is 9.17. The Balaban J connectivity index is 1.34. The lowest BCUT2D eigenvalue weighted by Crippen LogP contribution is -2.47. The van der Waals surface area contributed by atoms with Crippen LogP contribution in [0.25, 0.3) is 0 Å². The minimum atomic E-state index is -4.40. The number of carbonyl (C=O) groups is 2. The summed E-state index contributed by atoms with van der Waals surface area (Å²) in [5.74, 6) is 0.885.